The van der Waals surface area contributed by atoms with Gasteiger partial charge in [-0.25, -0.2) is 8.42 Å². The number of amides is 2. The number of sulfonamides is 1. The van der Waals surface area contributed by atoms with E-state index in [4.69, 9.17) is 23.2 Å². The van der Waals surface area contributed by atoms with Crippen molar-refractivity contribution in [2.24, 2.45) is 0 Å². The SMILES string of the molecule is Cc1ccccc1N(CC(=O)N(Cc1ccc(Cl)c(Cl)c1)C(Cc1ccccc1)C(=O)NC1CCCC1)S(C)(=O)=O. The van der Waals surface area contributed by atoms with Crippen LogP contribution in [0.3, 0.4) is 0 Å². The number of rotatable bonds is 11. The van der Waals surface area contributed by atoms with Crippen molar-refractivity contribution < 1.29 is 18.0 Å². The smallest absolute Gasteiger partial charge is 0.244 e. The first-order chi connectivity index (χ1) is 19.5. The second-order valence-corrected chi connectivity index (χ2v) is 13.2. The normalized spacial score (nSPS) is 14.4. The molecular formula is C31H35Cl2N3O4S. The van der Waals surface area contributed by atoms with Crippen LogP contribution in [0, 0.1) is 6.92 Å². The van der Waals surface area contributed by atoms with E-state index in [9.17, 15) is 18.0 Å². The van der Waals surface area contributed by atoms with Gasteiger partial charge >= 0.3 is 0 Å². The summed E-state index contributed by atoms with van der Waals surface area (Å²) in [6, 6.07) is 20.7. The Kier molecular flexibility index (Phi) is 10.3. The van der Waals surface area contributed by atoms with Crippen LogP contribution in [0.15, 0.2) is 72.8 Å². The molecule has 2 amide bonds. The fourth-order valence-electron chi connectivity index (χ4n) is 5.19. The van der Waals surface area contributed by atoms with E-state index in [0.717, 1.165) is 41.8 Å². The molecule has 3 aromatic carbocycles. The Labute approximate surface area is 252 Å². The predicted molar refractivity (Wildman–Crippen MR) is 165 cm³/mol. The molecule has 4 rings (SSSR count). The summed E-state index contributed by atoms with van der Waals surface area (Å²) in [7, 11) is -3.83. The Balaban J connectivity index is 1.74. The van der Waals surface area contributed by atoms with E-state index in [0.29, 0.717) is 26.9 Å². The van der Waals surface area contributed by atoms with Crippen molar-refractivity contribution >= 4 is 50.7 Å². The summed E-state index contributed by atoms with van der Waals surface area (Å²) in [6.45, 7) is 1.36. The van der Waals surface area contributed by atoms with Gasteiger partial charge < -0.3 is 10.2 Å². The standard InChI is InChI=1S/C31H35Cl2N3O4S/c1-22-10-6-9-15-28(22)36(41(2,39)40)21-30(37)35(20-24-16-17-26(32)27(33)18-24)29(19-23-11-4-3-5-12-23)31(38)34-25-13-7-8-14-25/h3-6,9-12,15-18,25,29H,7-8,13-14,19-21H2,1-2H3,(H,34,38). The third-order valence-corrected chi connectivity index (χ3v) is 9.24. The van der Waals surface area contributed by atoms with Crippen LogP contribution in [0.25, 0.3) is 0 Å². The first-order valence-corrected chi connectivity index (χ1v) is 16.2. The molecule has 3 aromatic rings. The molecule has 7 nitrogen and oxygen atoms in total. The minimum Gasteiger partial charge on any atom is -0.352 e. The van der Waals surface area contributed by atoms with E-state index in [1.54, 1.807) is 49.4 Å². The van der Waals surface area contributed by atoms with Gasteiger partial charge in [0.2, 0.25) is 21.8 Å². The molecule has 1 N–H and O–H groups in total. The van der Waals surface area contributed by atoms with E-state index < -0.39 is 28.5 Å². The van der Waals surface area contributed by atoms with Gasteiger partial charge in [-0.1, -0.05) is 90.6 Å². The number of hydrogen-bond donors (Lipinski definition) is 1. The van der Waals surface area contributed by atoms with E-state index in [2.05, 4.69) is 5.32 Å². The van der Waals surface area contributed by atoms with Gasteiger partial charge in [-0.3, -0.25) is 13.9 Å². The van der Waals surface area contributed by atoms with Crippen molar-refractivity contribution in [2.75, 3.05) is 17.1 Å². The van der Waals surface area contributed by atoms with Gasteiger partial charge in [0.1, 0.15) is 12.6 Å². The van der Waals surface area contributed by atoms with Crippen molar-refractivity contribution in [1.29, 1.82) is 0 Å². The van der Waals surface area contributed by atoms with Crippen LogP contribution < -0.4 is 9.62 Å². The Morgan fingerprint density at radius 2 is 1.59 bits per heavy atom. The van der Waals surface area contributed by atoms with Gasteiger partial charge in [-0.2, -0.15) is 0 Å². The molecule has 1 saturated carbocycles. The molecule has 0 saturated heterocycles. The summed E-state index contributed by atoms with van der Waals surface area (Å²) in [5, 5.41) is 3.85. The summed E-state index contributed by atoms with van der Waals surface area (Å²) in [6.07, 6.45) is 5.19. The molecule has 1 aliphatic rings. The highest BCUT2D eigenvalue weighted by Crippen LogP contribution is 2.26. The number of aryl methyl sites for hydroxylation is 1. The highest BCUT2D eigenvalue weighted by Gasteiger charge is 2.34. The average Bonchev–Trinajstić information content (AvgIpc) is 3.44. The fraction of sp³-hybridized carbons (Fsp3) is 0.355. The fourth-order valence-corrected chi connectivity index (χ4v) is 6.42. The van der Waals surface area contributed by atoms with Crippen molar-refractivity contribution in [3.05, 3.63) is 99.5 Å². The number of para-hydroxylation sites is 1. The Morgan fingerprint density at radius 3 is 2.22 bits per heavy atom. The molecule has 10 heteroatoms. The van der Waals surface area contributed by atoms with Crippen LogP contribution in [0.5, 0.6) is 0 Å². The van der Waals surface area contributed by atoms with E-state index in [-0.39, 0.29) is 24.9 Å². The number of benzene rings is 3. The number of halogens is 2. The van der Waals surface area contributed by atoms with E-state index in [1.807, 2.05) is 30.3 Å². The zero-order chi connectivity index (χ0) is 29.6. The lowest BCUT2D eigenvalue weighted by atomic mass is 10.0. The molecule has 1 fully saturated rings. The van der Waals surface area contributed by atoms with E-state index >= 15 is 0 Å². The molecule has 1 unspecified atom stereocenters. The molecule has 0 spiro atoms. The molecule has 0 bridgehead atoms. The Hall–Kier alpha value is -3.07. The third kappa shape index (κ3) is 8.24. The molecule has 218 valence electrons. The van der Waals surface area contributed by atoms with Crippen molar-refractivity contribution in [1.82, 2.24) is 10.2 Å². The van der Waals surface area contributed by atoms with Crippen molar-refractivity contribution in [3.8, 4) is 0 Å². The minimum atomic E-state index is -3.83. The minimum absolute atomic E-state index is 0.0384. The van der Waals surface area contributed by atoms with Gasteiger partial charge in [-0.05, 0) is 54.7 Å². The second-order valence-electron chi connectivity index (χ2n) is 10.5. The van der Waals surface area contributed by atoms with Crippen molar-refractivity contribution in [3.63, 3.8) is 0 Å². The first-order valence-electron chi connectivity index (χ1n) is 13.6. The van der Waals surface area contributed by atoms with Crippen LogP contribution >= 0.6 is 23.2 Å². The highest BCUT2D eigenvalue weighted by atomic mass is 35.5. The monoisotopic (exact) mass is 615 g/mol. The molecular weight excluding hydrogens is 581 g/mol. The van der Waals surface area contributed by atoms with Gasteiger partial charge in [0.25, 0.3) is 0 Å². The summed E-state index contributed by atoms with van der Waals surface area (Å²) >= 11 is 12.4. The maximum atomic E-state index is 14.2. The van der Waals surface area contributed by atoms with Crippen LogP contribution in [0.1, 0.15) is 42.4 Å². The second kappa shape index (κ2) is 13.7. The molecule has 1 atom stereocenters. The average molecular weight is 617 g/mol. The summed E-state index contributed by atoms with van der Waals surface area (Å²) < 4.78 is 27.0. The molecule has 0 aromatic heterocycles. The number of nitrogens with one attached hydrogen (secondary N) is 1. The number of hydrogen-bond acceptors (Lipinski definition) is 4. The molecule has 41 heavy (non-hydrogen) atoms. The topological polar surface area (TPSA) is 86.8 Å². The predicted octanol–water partition coefficient (Wildman–Crippen LogP) is 5.77. The first kappa shape index (κ1) is 30.9. The maximum Gasteiger partial charge on any atom is 0.244 e. The lowest BCUT2D eigenvalue weighted by Gasteiger charge is -2.34. The highest BCUT2D eigenvalue weighted by molar-refractivity contribution is 7.92. The number of anilines is 1. The zero-order valence-electron chi connectivity index (χ0n) is 23.2. The van der Waals surface area contributed by atoms with Gasteiger partial charge in [0.15, 0.2) is 0 Å². The zero-order valence-corrected chi connectivity index (χ0v) is 25.6. The summed E-state index contributed by atoms with van der Waals surface area (Å²) in [4.78, 5) is 29.5. The summed E-state index contributed by atoms with van der Waals surface area (Å²) in [5.41, 5.74) is 2.67. The molecule has 1 aliphatic carbocycles. The largest absolute Gasteiger partial charge is 0.352 e. The molecule has 0 heterocycles. The maximum absolute atomic E-state index is 14.2. The van der Waals surface area contributed by atoms with Crippen molar-refractivity contribution in [2.45, 2.75) is 57.7 Å². The quantitative estimate of drug-likeness (QED) is 0.297. The van der Waals surface area contributed by atoms with E-state index in [1.165, 1.54) is 4.90 Å². The van der Waals surface area contributed by atoms with Crippen LogP contribution in [0.4, 0.5) is 5.69 Å². The lowest BCUT2D eigenvalue weighted by Crippen LogP contribution is -2.54. The lowest BCUT2D eigenvalue weighted by molar-refractivity contribution is -0.140. The van der Waals surface area contributed by atoms with Gasteiger partial charge in [0, 0.05) is 19.0 Å². The number of nitrogens with zero attached hydrogens (tertiary/aromatic N) is 2. The third-order valence-electron chi connectivity index (χ3n) is 7.37. The Bertz CT molecular complexity index is 1480. The Morgan fingerprint density at radius 1 is 0.927 bits per heavy atom. The number of carbonyl (C=O) groups excluding carboxylic acids is 2. The van der Waals surface area contributed by atoms with Gasteiger partial charge in [0.05, 0.1) is 22.0 Å². The molecule has 0 radical (unpaired) electrons. The van der Waals surface area contributed by atoms with Crippen LogP contribution in [0.2, 0.25) is 10.0 Å². The number of carbonyl (C=O) groups is 2. The summed E-state index contributed by atoms with van der Waals surface area (Å²) in [5.74, 6) is -0.775. The van der Waals surface area contributed by atoms with Crippen LogP contribution in [-0.2, 0) is 32.6 Å². The van der Waals surface area contributed by atoms with Gasteiger partial charge in [-0.15, -0.1) is 0 Å². The van der Waals surface area contributed by atoms with Crippen LogP contribution in [-0.4, -0.2) is 50.0 Å². The molecule has 0 aliphatic heterocycles.